The van der Waals surface area contributed by atoms with E-state index in [9.17, 15) is 30.0 Å². The number of benzene rings is 1. The van der Waals surface area contributed by atoms with Crippen LogP contribution in [0.5, 0.6) is 0 Å². The topological polar surface area (TPSA) is 157 Å². The molecule has 9 nitrogen and oxygen atoms in total. The van der Waals surface area contributed by atoms with Crippen LogP contribution in [0.1, 0.15) is 31.2 Å². The molecule has 0 spiro atoms. The molecule has 1 aromatic rings. The molecule has 1 aromatic carbocycles. The van der Waals surface area contributed by atoms with Crippen molar-refractivity contribution in [1.29, 1.82) is 0 Å². The molecule has 0 fully saturated rings. The Kier molecular flexibility index (Phi) is 11.3. The van der Waals surface area contributed by atoms with Crippen LogP contribution in [0, 0.1) is 0 Å². The van der Waals surface area contributed by atoms with Crippen LogP contribution >= 0.6 is 0 Å². The zero-order chi connectivity index (χ0) is 20.9. The number of hydrogen-bond acceptors (Lipinski definition) is 8. The summed E-state index contributed by atoms with van der Waals surface area (Å²) in [6.45, 7) is -0.381. The third kappa shape index (κ3) is 8.77. The minimum Gasteiger partial charge on any atom is -0.461 e. The number of aliphatic hydroxyl groups excluding tert-OH is 5. The molecule has 0 bridgehead atoms. The molecule has 9 heteroatoms. The van der Waals surface area contributed by atoms with Gasteiger partial charge in [0.15, 0.2) is 6.10 Å². The van der Waals surface area contributed by atoms with Crippen LogP contribution in [0.4, 0.5) is 0 Å². The van der Waals surface area contributed by atoms with Crippen LogP contribution in [0.2, 0.25) is 0 Å². The SMILES string of the molecule is O=C(CCCCCNC(=O)C(O)C(O)C(O)C(O)CO)OCc1ccccc1. The molecule has 0 aliphatic carbocycles. The van der Waals surface area contributed by atoms with Crippen molar-refractivity contribution >= 4 is 11.9 Å². The molecule has 0 radical (unpaired) electrons. The molecule has 0 aromatic heterocycles. The molecule has 1 rings (SSSR count). The van der Waals surface area contributed by atoms with Crippen molar-refractivity contribution in [1.82, 2.24) is 5.32 Å². The molecule has 0 aliphatic rings. The number of nitrogens with one attached hydrogen (secondary N) is 1. The van der Waals surface area contributed by atoms with Crippen molar-refractivity contribution in [3.63, 3.8) is 0 Å². The first-order valence-electron chi connectivity index (χ1n) is 9.17. The van der Waals surface area contributed by atoms with Gasteiger partial charge in [-0.05, 0) is 18.4 Å². The standard InChI is InChI=1S/C19H29NO8/c21-11-14(22)16(24)17(25)18(26)19(27)20-10-6-2-5-9-15(23)28-12-13-7-3-1-4-8-13/h1,3-4,7-8,14,16-18,21-22,24-26H,2,5-6,9-12H2,(H,20,27). The summed E-state index contributed by atoms with van der Waals surface area (Å²) in [5, 5.41) is 49.0. The number of aliphatic hydroxyl groups is 5. The third-order valence-corrected chi connectivity index (χ3v) is 4.12. The van der Waals surface area contributed by atoms with Gasteiger partial charge in [0.25, 0.3) is 5.91 Å². The molecule has 1 amide bonds. The Labute approximate surface area is 163 Å². The van der Waals surface area contributed by atoms with Gasteiger partial charge < -0.3 is 35.6 Å². The monoisotopic (exact) mass is 399 g/mol. The highest BCUT2D eigenvalue weighted by Gasteiger charge is 2.33. The lowest BCUT2D eigenvalue weighted by Crippen LogP contribution is -2.51. The van der Waals surface area contributed by atoms with Crippen molar-refractivity contribution in [2.45, 2.75) is 56.7 Å². The van der Waals surface area contributed by atoms with Gasteiger partial charge in [-0.3, -0.25) is 9.59 Å². The van der Waals surface area contributed by atoms with E-state index in [1.54, 1.807) is 0 Å². The largest absolute Gasteiger partial charge is 0.461 e. The van der Waals surface area contributed by atoms with Crippen LogP contribution in [0.3, 0.4) is 0 Å². The number of hydrogen-bond donors (Lipinski definition) is 6. The van der Waals surface area contributed by atoms with Crippen LogP contribution < -0.4 is 5.32 Å². The second kappa shape index (κ2) is 13.2. The maximum Gasteiger partial charge on any atom is 0.306 e. The number of rotatable bonds is 13. The van der Waals surface area contributed by atoms with E-state index in [0.29, 0.717) is 19.3 Å². The van der Waals surface area contributed by atoms with Crippen LogP contribution in [0.15, 0.2) is 30.3 Å². The van der Waals surface area contributed by atoms with Gasteiger partial charge in [-0.25, -0.2) is 0 Å². The van der Waals surface area contributed by atoms with E-state index in [1.807, 2.05) is 30.3 Å². The van der Waals surface area contributed by atoms with Gasteiger partial charge in [0.2, 0.25) is 0 Å². The zero-order valence-electron chi connectivity index (χ0n) is 15.6. The van der Waals surface area contributed by atoms with E-state index in [2.05, 4.69) is 5.32 Å². The Bertz CT molecular complexity index is 583. The van der Waals surface area contributed by atoms with Crippen molar-refractivity contribution in [2.24, 2.45) is 0 Å². The van der Waals surface area contributed by atoms with E-state index >= 15 is 0 Å². The summed E-state index contributed by atoms with van der Waals surface area (Å²) in [7, 11) is 0. The fourth-order valence-corrected chi connectivity index (χ4v) is 2.37. The minimum atomic E-state index is -1.94. The summed E-state index contributed by atoms with van der Waals surface area (Å²) in [4.78, 5) is 23.4. The summed E-state index contributed by atoms with van der Waals surface area (Å²) >= 11 is 0. The average Bonchev–Trinajstić information content (AvgIpc) is 2.72. The third-order valence-electron chi connectivity index (χ3n) is 4.12. The molecule has 0 heterocycles. The molecular formula is C19H29NO8. The molecule has 6 N–H and O–H groups in total. The van der Waals surface area contributed by atoms with Gasteiger partial charge in [-0.2, -0.15) is 0 Å². The Morgan fingerprint density at radius 2 is 1.64 bits per heavy atom. The van der Waals surface area contributed by atoms with E-state index in [1.165, 1.54) is 0 Å². The van der Waals surface area contributed by atoms with E-state index in [4.69, 9.17) is 9.84 Å². The Morgan fingerprint density at radius 3 is 2.29 bits per heavy atom. The number of amides is 1. The molecule has 4 atom stereocenters. The fraction of sp³-hybridized carbons (Fsp3) is 0.579. The van der Waals surface area contributed by atoms with Crippen LogP contribution in [-0.4, -0.2) is 75.0 Å². The summed E-state index contributed by atoms with van der Waals surface area (Å²) in [5.74, 6) is -1.21. The summed E-state index contributed by atoms with van der Waals surface area (Å²) < 4.78 is 5.15. The maximum absolute atomic E-state index is 11.7. The summed E-state index contributed by atoms with van der Waals surface area (Å²) in [6.07, 6.45) is -5.37. The van der Waals surface area contributed by atoms with Crippen LogP contribution in [0.25, 0.3) is 0 Å². The van der Waals surface area contributed by atoms with Gasteiger partial charge in [0, 0.05) is 13.0 Å². The predicted molar refractivity (Wildman–Crippen MR) is 98.8 cm³/mol. The van der Waals surface area contributed by atoms with Gasteiger partial charge in [0.1, 0.15) is 24.9 Å². The normalized spacial score (nSPS) is 15.3. The lowest BCUT2D eigenvalue weighted by molar-refractivity contribution is -0.149. The average molecular weight is 399 g/mol. The number of ether oxygens (including phenoxy) is 1. The van der Waals surface area contributed by atoms with Crippen molar-refractivity contribution in [3.8, 4) is 0 Å². The first-order chi connectivity index (χ1) is 13.4. The van der Waals surface area contributed by atoms with Gasteiger partial charge in [-0.1, -0.05) is 36.8 Å². The lowest BCUT2D eigenvalue weighted by atomic mass is 10.0. The summed E-state index contributed by atoms with van der Waals surface area (Å²) in [6, 6.07) is 9.34. The maximum atomic E-state index is 11.7. The smallest absolute Gasteiger partial charge is 0.306 e. The number of esters is 1. The van der Waals surface area contributed by atoms with E-state index in [-0.39, 0.29) is 25.5 Å². The highest BCUT2D eigenvalue weighted by Crippen LogP contribution is 2.07. The highest BCUT2D eigenvalue weighted by molar-refractivity contribution is 5.81. The Balaban J connectivity index is 2.12. The molecule has 0 saturated heterocycles. The Hall–Kier alpha value is -2.04. The van der Waals surface area contributed by atoms with Crippen molar-refractivity contribution in [2.75, 3.05) is 13.2 Å². The fourth-order valence-electron chi connectivity index (χ4n) is 2.37. The molecular weight excluding hydrogens is 370 g/mol. The van der Waals surface area contributed by atoms with Gasteiger partial charge >= 0.3 is 5.97 Å². The first-order valence-corrected chi connectivity index (χ1v) is 9.17. The van der Waals surface area contributed by atoms with Crippen LogP contribution in [-0.2, 0) is 20.9 Å². The molecule has 0 saturated carbocycles. The number of carbonyl (C=O) groups is 2. The number of carbonyl (C=O) groups excluding carboxylic acids is 2. The second-order valence-electron chi connectivity index (χ2n) is 6.42. The second-order valence-corrected chi connectivity index (χ2v) is 6.42. The first kappa shape index (κ1) is 24.0. The minimum absolute atomic E-state index is 0.209. The van der Waals surface area contributed by atoms with E-state index in [0.717, 1.165) is 5.56 Å². The summed E-state index contributed by atoms with van der Waals surface area (Å²) in [5.41, 5.74) is 0.913. The zero-order valence-corrected chi connectivity index (χ0v) is 15.6. The molecule has 0 aliphatic heterocycles. The Morgan fingerprint density at radius 1 is 0.964 bits per heavy atom. The molecule has 28 heavy (non-hydrogen) atoms. The van der Waals surface area contributed by atoms with Crippen molar-refractivity contribution in [3.05, 3.63) is 35.9 Å². The predicted octanol–water partition coefficient (Wildman–Crippen LogP) is -1.16. The molecule has 158 valence electrons. The van der Waals surface area contributed by atoms with Gasteiger partial charge in [0.05, 0.1) is 6.61 Å². The van der Waals surface area contributed by atoms with Gasteiger partial charge in [-0.15, -0.1) is 0 Å². The molecule has 4 unspecified atom stereocenters. The van der Waals surface area contributed by atoms with E-state index < -0.39 is 36.9 Å². The lowest BCUT2D eigenvalue weighted by Gasteiger charge is -2.24. The van der Waals surface area contributed by atoms with Crippen molar-refractivity contribution < 1.29 is 39.9 Å². The highest BCUT2D eigenvalue weighted by atomic mass is 16.5. The quantitative estimate of drug-likeness (QED) is 0.179. The number of unbranched alkanes of at least 4 members (excludes halogenated alkanes) is 2.